The first-order valence-electron chi connectivity index (χ1n) is 10.3. The summed E-state index contributed by atoms with van der Waals surface area (Å²) in [6.45, 7) is 6.05. The maximum Gasteiger partial charge on any atom is 0.352 e. The van der Waals surface area contributed by atoms with E-state index in [1.165, 1.54) is 16.8 Å². The number of benzene rings is 1. The SMILES string of the molecule is C=CCOC(=O)C(C#N)=c1sc(=CNc2cccc(NC(=O)COCCOC)c2)c(=O)n1CC. The van der Waals surface area contributed by atoms with Crippen LogP contribution >= 0.6 is 11.3 Å². The smallest absolute Gasteiger partial charge is 0.352 e. The Hall–Kier alpha value is -3.72. The highest BCUT2D eigenvalue weighted by Gasteiger charge is 2.16. The van der Waals surface area contributed by atoms with E-state index in [0.29, 0.717) is 29.1 Å². The van der Waals surface area contributed by atoms with E-state index in [9.17, 15) is 19.6 Å². The van der Waals surface area contributed by atoms with Gasteiger partial charge in [-0.15, -0.1) is 11.3 Å². The second kappa shape index (κ2) is 13.7. The largest absolute Gasteiger partial charge is 0.457 e. The molecule has 0 radical (unpaired) electrons. The van der Waals surface area contributed by atoms with Gasteiger partial charge in [-0.25, -0.2) is 4.79 Å². The molecule has 0 aliphatic carbocycles. The van der Waals surface area contributed by atoms with Gasteiger partial charge in [0.05, 0.1) is 13.2 Å². The van der Waals surface area contributed by atoms with E-state index in [4.69, 9.17) is 14.2 Å². The van der Waals surface area contributed by atoms with Gasteiger partial charge in [-0.05, 0) is 25.1 Å². The lowest BCUT2D eigenvalue weighted by atomic mass is 10.2. The molecule has 0 aliphatic heterocycles. The number of hydrogen-bond donors (Lipinski definition) is 2. The lowest BCUT2D eigenvalue weighted by Gasteiger charge is -2.08. The zero-order valence-corrected chi connectivity index (χ0v) is 19.8. The molecule has 0 atom stereocenters. The third-order valence-corrected chi connectivity index (χ3v) is 5.40. The van der Waals surface area contributed by atoms with Crippen molar-refractivity contribution in [2.75, 3.05) is 44.2 Å². The van der Waals surface area contributed by atoms with Gasteiger partial charge in [-0.1, -0.05) is 18.7 Å². The molecule has 0 unspecified atom stereocenters. The van der Waals surface area contributed by atoms with Crippen LogP contribution in [0.1, 0.15) is 6.92 Å². The van der Waals surface area contributed by atoms with Gasteiger partial charge in [0.15, 0.2) is 5.57 Å². The molecule has 1 aromatic heterocycles. The molecule has 180 valence electrons. The third-order valence-electron chi connectivity index (χ3n) is 4.27. The molecule has 10 nitrogen and oxygen atoms in total. The molecule has 0 fully saturated rings. The molecular weight excluding hydrogens is 460 g/mol. The van der Waals surface area contributed by atoms with Crippen LogP contribution in [0.2, 0.25) is 0 Å². The predicted molar refractivity (Wildman–Crippen MR) is 130 cm³/mol. The average molecular weight is 487 g/mol. The standard InChI is InChI=1S/C23H26N4O6S/c1-4-9-33-23(30)18(13-24)22-27(5-2)21(29)19(34-22)14-25-16-7-6-8-17(12-16)26-20(28)15-32-11-10-31-3/h4,6-8,12,14,25H,1,5,9-11,15H2,2-3H3,(H,26,28). The van der Waals surface area contributed by atoms with Gasteiger partial charge < -0.3 is 24.8 Å². The highest BCUT2D eigenvalue weighted by Crippen LogP contribution is 2.15. The van der Waals surface area contributed by atoms with Crippen molar-refractivity contribution in [3.8, 4) is 6.07 Å². The number of nitrogens with zero attached hydrogens (tertiary/aromatic N) is 2. The fraction of sp³-hybridized carbons (Fsp3) is 0.304. The number of esters is 1. The maximum absolute atomic E-state index is 12.8. The van der Waals surface area contributed by atoms with Crippen molar-refractivity contribution in [3.63, 3.8) is 0 Å². The summed E-state index contributed by atoms with van der Waals surface area (Å²) < 4.78 is 16.9. The van der Waals surface area contributed by atoms with Gasteiger partial charge in [-0.3, -0.25) is 14.2 Å². The zero-order valence-electron chi connectivity index (χ0n) is 19.0. The number of aromatic nitrogens is 1. The first-order valence-corrected chi connectivity index (χ1v) is 11.1. The van der Waals surface area contributed by atoms with Crippen LogP contribution in [0.3, 0.4) is 0 Å². The molecule has 0 bridgehead atoms. The van der Waals surface area contributed by atoms with E-state index >= 15 is 0 Å². The molecule has 11 heteroatoms. The maximum atomic E-state index is 12.8. The zero-order chi connectivity index (χ0) is 24.9. The van der Waals surface area contributed by atoms with Crippen molar-refractivity contribution < 1.29 is 23.8 Å². The predicted octanol–water partition coefficient (Wildman–Crippen LogP) is 0.785. The van der Waals surface area contributed by atoms with Crippen LogP contribution in [-0.2, 0) is 30.3 Å². The van der Waals surface area contributed by atoms with Crippen molar-refractivity contribution in [1.29, 1.82) is 5.26 Å². The molecule has 1 heterocycles. The topological polar surface area (TPSA) is 132 Å². The number of hydrogen-bond acceptors (Lipinski definition) is 9. The molecule has 2 rings (SSSR count). The van der Waals surface area contributed by atoms with Gasteiger partial charge in [-0.2, -0.15) is 5.26 Å². The van der Waals surface area contributed by atoms with Crippen molar-refractivity contribution in [3.05, 3.63) is 56.5 Å². The number of nitrogens with one attached hydrogen (secondary N) is 2. The normalized spacial score (nSPS) is 12.0. The monoisotopic (exact) mass is 486 g/mol. The Labute approximate surface area is 200 Å². The first kappa shape index (κ1) is 26.5. The minimum absolute atomic E-state index is 0.0432. The Balaban J connectivity index is 2.25. The number of rotatable bonds is 12. The highest BCUT2D eigenvalue weighted by atomic mass is 32.1. The van der Waals surface area contributed by atoms with Gasteiger partial charge in [0, 0.05) is 31.2 Å². The fourth-order valence-corrected chi connectivity index (χ4v) is 3.80. The minimum atomic E-state index is -0.819. The molecule has 1 amide bonds. The second-order valence-corrected chi connectivity index (χ2v) is 7.69. The molecule has 0 saturated heterocycles. The van der Waals surface area contributed by atoms with Gasteiger partial charge in [0.2, 0.25) is 5.91 Å². The fourth-order valence-electron chi connectivity index (χ4n) is 2.72. The number of anilines is 2. The summed E-state index contributed by atoms with van der Waals surface area (Å²) in [6, 6.07) is 8.73. The lowest BCUT2D eigenvalue weighted by molar-refractivity contribution is -0.135. The van der Waals surface area contributed by atoms with Crippen LogP contribution in [0.5, 0.6) is 0 Å². The van der Waals surface area contributed by atoms with Crippen molar-refractivity contribution in [1.82, 2.24) is 4.57 Å². The summed E-state index contributed by atoms with van der Waals surface area (Å²) in [5.41, 5.74) is 0.562. The van der Waals surface area contributed by atoms with Gasteiger partial charge in [0.1, 0.15) is 28.5 Å². The molecule has 0 saturated carbocycles. The molecule has 1 aromatic carbocycles. The Kier molecular flexibility index (Phi) is 10.7. The third kappa shape index (κ3) is 7.41. The molecule has 34 heavy (non-hydrogen) atoms. The number of methoxy groups -OCH3 is 1. The Bertz CT molecular complexity index is 1240. The number of nitriles is 1. The van der Waals surface area contributed by atoms with Crippen molar-refractivity contribution in [2.24, 2.45) is 0 Å². The summed E-state index contributed by atoms with van der Waals surface area (Å²) in [5, 5.41) is 15.2. The molecule has 2 aromatic rings. The quantitative estimate of drug-likeness (QED) is 0.256. The second-order valence-electron chi connectivity index (χ2n) is 6.66. The van der Waals surface area contributed by atoms with E-state index < -0.39 is 5.97 Å². The summed E-state index contributed by atoms with van der Waals surface area (Å²) in [7, 11) is 1.55. The summed E-state index contributed by atoms with van der Waals surface area (Å²) >= 11 is 1.00. The number of carbonyl (C=O) groups is 2. The van der Waals surface area contributed by atoms with E-state index in [0.717, 1.165) is 11.3 Å². The number of thiazole rings is 1. The van der Waals surface area contributed by atoms with E-state index in [2.05, 4.69) is 17.2 Å². The minimum Gasteiger partial charge on any atom is -0.457 e. The molecule has 0 spiro atoms. The average Bonchev–Trinajstić information content (AvgIpc) is 3.14. The number of amides is 1. The number of carbonyl (C=O) groups excluding carboxylic acids is 2. The summed E-state index contributed by atoms with van der Waals surface area (Å²) in [6.07, 6.45) is 2.88. The first-order chi connectivity index (χ1) is 16.4. The van der Waals surface area contributed by atoms with Crippen LogP contribution in [-0.4, -0.2) is 50.0 Å². The van der Waals surface area contributed by atoms with Crippen molar-refractivity contribution in [2.45, 2.75) is 13.5 Å². The van der Waals surface area contributed by atoms with Gasteiger partial charge >= 0.3 is 5.97 Å². The van der Waals surface area contributed by atoms with Crippen LogP contribution < -0.4 is 25.4 Å². The van der Waals surface area contributed by atoms with Crippen LogP contribution in [0.15, 0.2) is 41.7 Å². The number of ether oxygens (including phenoxy) is 3. The van der Waals surface area contributed by atoms with E-state index in [-0.39, 0.29) is 41.5 Å². The van der Waals surface area contributed by atoms with Crippen LogP contribution in [0.4, 0.5) is 11.4 Å². The summed E-state index contributed by atoms with van der Waals surface area (Å²) in [5.74, 6) is -1.13. The van der Waals surface area contributed by atoms with Crippen molar-refractivity contribution >= 4 is 46.4 Å². The van der Waals surface area contributed by atoms with Gasteiger partial charge in [0.25, 0.3) is 5.56 Å². The van der Waals surface area contributed by atoms with Crippen LogP contribution in [0, 0.1) is 11.3 Å². The molecule has 0 aliphatic rings. The van der Waals surface area contributed by atoms with E-state index in [1.54, 1.807) is 38.3 Å². The van der Waals surface area contributed by atoms with Crippen LogP contribution in [0.25, 0.3) is 11.8 Å². The molecular formula is C23H26N4O6S. The Morgan fingerprint density at radius 2 is 2.06 bits per heavy atom. The summed E-state index contributed by atoms with van der Waals surface area (Å²) in [4.78, 5) is 37.0. The molecule has 2 N–H and O–H groups in total. The van der Waals surface area contributed by atoms with E-state index in [1.807, 2.05) is 6.07 Å². The Morgan fingerprint density at radius 1 is 1.29 bits per heavy atom. The Morgan fingerprint density at radius 3 is 2.74 bits per heavy atom. The highest BCUT2D eigenvalue weighted by molar-refractivity contribution is 7.07. The lowest BCUT2D eigenvalue weighted by Crippen LogP contribution is -2.32.